The molecule has 0 unspecified atom stereocenters. The minimum atomic E-state index is -0.0997. The number of anilines is 1. The van der Waals surface area contributed by atoms with Crippen molar-refractivity contribution in [1.82, 2.24) is 5.32 Å². The van der Waals surface area contributed by atoms with Crippen LogP contribution >= 0.6 is 23.2 Å². The predicted octanol–water partition coefficient (Wildman–Crippen LogP) is 4.28. The number of carbonyl (C=O) groups excluding carboxylic acids is 1. The van der Waals surface area contributed by atoms with Crippen LogP contribution in [-0.2, 0) is 4.79 Å². The van der Waals surface area contributed by atoms with E-state index < -0.39 is 0 Å². The first-order valence-electron chi connectivity index (χ1n) is 6.59. The Hall–Kier alpha value is -1.71. The summed E-state index contributed by atoms with van der Waals surface area (Å²) in [7, 11) is 0. The second-order valence-electron chi connectivity index (χ2n) is 4.68. The van der Waals surface area contributed by atoms with E-state index in [0.717, 1.165) is 5.56 Å². The fourth-order valence-corrected chi connectivity index (χ4v) is 2.40. The molecule has 0 bridgehead atoms. The van der Waals surface area contributed by atoms with Crippen molar-refractivity contribution in [3.63, 3.8) is 0 Å². The first-order valence-corrected chi connectivity index (χ1v) is 7.35. The maximum Gasteiger partial charge on any atom is 0.239 e. The minimum Gasteiger partial charge on any atom is -0.375 e. The molecule has 0 saturated carbocycles. The molecule has 1 atom stereocenters. The van der Waals surface area contributed by atoms with Crippen LogP contribution in [0.4, 0.5) is 5.69 Å². The van der Waals surface area contributed by atoms with E-state index in [-0.39, 0.29) is 18.5 Å². The Morgan fingerprint density at radius 3 is 2.52 bits per heavy atom. The number of hydrogen-bond acceptors (Lipinski definition) is 2. The smallest absolute Gasteiger partial charge is 0.239 e. The molecule has 3 nitrogen and oxygen atoms in total. The van der Waals surface area contributed by atoms with E-state index >= 15 is 0 Å². The molecular formula is C16H16Cl2N2O. The van der Waals surface area contributed by atoms with Gasteiger partial charge in [-0.15, -0.1) is 0 Å². The SMILES string of the molecule is C[C@H](NC(=O)CNc1ccc(Cl)cc1Cl)c1ccccc1. The average Bonchev–Trinajstić information content (AvgIpc) is 2.47. The number of carbonyl (C=O) groups is 1. The molecule has 1 amide bonds. The van der Waals surface area contributed by atoms with Crippen LogP contribution in [0.3, 0.4) is 0 Å². The zero-order valence-electron chi connectivity index (χ0n) is 11.6. The standard InChI is InChI=1S/C16H16Cl2N2O/c1-11(12-5-3-2-4-6-12)20-16(21)10-19-15-8-7-13(17)9-14(15)18/h2-9,11,19H,10H2,1H3,(H,20,21)/t11-/m0/s1. The molecular weight excluding hydrogens is 307 g/mol. The Morgan fingerprint density at radius 2 is 1.86 bits per heavy atom. The lowest BCUT2D eigenvalue weighted by Crippen LogP contribution is -2.32. The van der Waals surface area contributed by atoms with E-state index in [9.17, 15) is 4.79 Å². The third-order valence-corrected chi connectivity index (χ3v) is 3.60. The molecule has 2 aromatic rings. The van der Waals surface area contributed by atoms with Gasteiger partial charge in [-0.05, 0) is 30.7 Å². The topological polar surface area (TPSA) is 41.1 Å². The maximum atomic E-state index is 11.9. The maximum absolute atomic E-state index is 11.9. The van der Waals surface area contributed by atoms with Crippen LogP contribution in [-0.4, -0.2) is 12.5 Å². The predicted molar refractivity (Wildman–Crippen MR) is 88.0 cm³/mol. The van der Waals surface area contributed by atoms with Gasteiger partial charge in [0.2, 0.25) is 5.91 Å². The summed E-state index contributed by atoms with van der Waals surface area (Å²) in [6.45, 7) is 2.10. The molecule has 0 radical (unpaired) electrons. The highest BCUT2D eigenvalue weighted by Crippen LogP contribution is 2.25. The Morgan fingerprint density at radius 1 is 1.14 bits per heavy atom. The van der Waals surface area contributed by atoms with Crippen LogP contribution < -0.4 is 10.6 Å². The molecule has 5 heteroatoms. The van der Waals surface area contributed by atoms with E-state index in [1.807, 2.05) is 37.3 Å². The van der Waals surface area contributed by atoms with Crippen molar-refractivity contribution in [1.29, 1.82) is 0 Å². The first kappa shape index (κ1) is 15.7. The Bertz CT molecular complexity index is 617. The van der Waals surface area contributed by atoms with Crippen LogP contribution in [0.5, 0.6) is 0 Å². The highest BCUT2D eigenvalue weighted by molar-refractivity contribution is 6.36. The molecule has 0 aromatic heterocycles. The molecule has 0 fully saturated rings. The molecule has 0 aliphatic rings. The quantitative estimate of drug-likeness (QED) is 0.862. The van der Waals surface area contributed by atoms with Crippen molar-refractivity contribution in [3.05, 3.63) is 64.1 Å². The van der Waals surface area contributed by atoms with Crippen LogP contribution in [0, 0.1) is 0 Å². The van der Waals surface area contributed by atoms with Crippen molar-refractivity contribution in [2.75, 3.05) is 11.9 Å². The van der Waals surface area contributed by atoms with Crippen molar-refractivity contribution in [2.45, 2.75) is 13.0 Å². The van der Waals surface area contributed by atoms with Gasteiger partial charge < -0.3 is 10.6 Å². The fourth-order valence-electron chi connectivity index (χ4n) is 1.93. The molecule has 2 rings (SSSR count). The fraction of sp³-hybridized carbons (Fsp3) is 0.188. The summed E-state index contributed by atoms with van der Waals surface area (Å²) >= 11 is 11.9. The number of rotatable bonds is 5. The van der Waals surface area contributed by atoms with Gasteiger partial charge in [0.15, 0.2) is 0 Å². The molecule has 21 heavy (non-hydrogen) atoms. The molecule has 2 aromatic carbocycles. The highest BCUT2D eigenvalue weighted by atomic mass is 35.5. The van der Waals surface area contributed by atoms with Crippen LogP contribution in [0.1, 0.15) is 18.5 Å². The third-order valence-electron chi connectivity index (χ3n) is 3.05. The van der Waals surface area contributed by atoms with E-state index in [1.54, 1.807) is 18.2 Å². The Labute approximate surface area is 134 Å². The number of nitrogens with one attached hydrogen (secondary N) is 2. The second-order valence-corrected chi connectivity index (χ2v) is 5.52. The van der Waals surface area contributed by atoms with E-state index in [1.165, 1.54) is 0 Å². The van der Waals surface area contributed by atoms with Gasteiger partial charge in [-0.25, -0.2) is 0 Å². The van der Waals surface area contributed by atoms with Gasteiger partial charge in [0.1, 0.15) is 0 Å². The average molecular weight is 323 g/mol. The van der Waals surface area contributed by atoms with E-state index in [2.05, 4.69) is 10.6 Å². The second kappa shape index (κ2) is 7.34. The van der Waals surface area contributed by atoms with Gasteiger partial charge in [0.05, 0.1) is 23.3 Å². The highest BCUT2D eigenvalue weighted by Gasteiger charge is 2.09. The largest absolute Gasteiger partial charge is 0.375 e. The normalized spacial score (nSPS) is 11.8. The zero-order chi connectivity index (χ0) is 15.2. The summed E-state index contributed by atoms with van der Waals surface area (Å²) in [4.78, 5) is 11.9. The van der Waals surface area contributed by atoms with Crippen molar-refractivity contribution in [3.8, 4) is 0 Å². The van der Waals surface area contributed by atoms with Gasteiger partial charge in [0, 0.05) is 5.02 Å². The summed E-state index contributed by atoms with van der Waals surface area (Å²) in [5, 5.41) is 6.98. The van der Waals surface area contributed by atoms with Crippen molar-refractivity contribution < 1.29 is 4.79 Å². The summed E-state index contributed by atoms with van der Waals surface area (Å²) in [6.07, 6.45) is 0. The van der Waals surface area contributed by atoms with Crippen LogP contribution in [0.2, 0.25) is 10.0 Å². The molecule has 110 valence electrons. The Balaban J connectivity index is 1.87. The van der Waals surface area contributed by atoms with Crippen molar-refractivity contribution >= 4 is 34.8 Å². The molecule has 0 spiro atoms. The lowest BCUT2D eigenvalue weighted by molar-refractivity contribution is -0.120. The molecule has 2 N–H and O–H groups in total. The lowest BCUT2D eigenvalue weighted by Gasteiger charge is -2.15. The van der Waals surface area contributed by atoms with Crippen LogP contribution in [0.15, 0.2) is 48.5 Å². The number of hydrogen-bond donors (Lipinski definition) is 2. The van der Waals surface area contributed by atoms with E-state index in [4.69, 9.17) is 23.2 Å². The number of amides is 1. The zero-order valence-corrected chi connectivity index (χ0v) is 13.1. The monoisotopic (exact) mass is 322 g/mol. The van der Waals surface area contributed by atoms with Gasteiger partial charge >= 0.3 is 0 Å². The van der Waals surface area contributed by atoms with E-state index in [0.29, 0.717) is 15.7 Å². The minimum absolute atomic E-state index is 0.0406. The first-order chi connectivity index (χ1) is 10.1. The Kier molecular flexibility index (Phi) is 5.48. The summed E-state index contributed by atoms with van der Waals surface area (Å²) < 4.78 is 0. The van der Waals surface area contributed by atoms with Gasteiger partial charge in [0.25, 0.3) is 0 Å². The number of benzene rings is 2. The summed E-state index contributed by atoms with van der Waals surface area (Å²) in [5.41, 5.74) is 1.75. The summed E-state index contributed by atoms with van der Waals surface area (Å²) in [5.74, 6) is -0.0997. The third kappa shape index (κ3) is 4.66. The van der Waals surface area contributed by atoms with Gasteiger partial charge in [-0.3, -0.25) is 4.79 Å². The molecule has 0 saturated heterocycles. The molecule has 0 aliphatic heterocycles. The summed E-state index contributed by atoms with van der Waals surface area (Å²) in [6, 6.07) is 14.9. The molecule has 0 heterocycles. The lowest BCUT2D eigenvalue weighted by atomic mass is 10.1. The van der Waals surface area contributed by atoms with Crippen molar-refractivity contribution in [2.24, 2.45) is 0 Å². The van der Waals surface area contributed by atoms with Crippen LogP contribution in [0.25, 0.3) is 0 Å². The van der Waals surface area contributed by atoms with Gasteiger partial charge in [-0.1, -0.05) is 53.5 Å². The number of halogens is 2. The molecule has 0 aliphatic carbocycles. The van der Waals surface area contributed by atoms with Gasteiger partial charge in [-0.2, -0.15) is 0 Å².